The standard InChI is InChI=1S/C21H25FNO2/c1-14(2)21-17-12-20(25-4)19(24-3)11-15(17)9-10-23(21)13-16-7-5-6-8-18(16)22/h5-8,11-12,14H,9-10,13H2,1-4H3/q+1. The van der Waals surface area contributed by atoms with Crippen molar-refractivity contribution in [2.75, 3.05) is 20.8 Å². The minimum absolute atomic E-state index is 0.149. The van der Waals surface area contributed by atoms with E-state index in [4.69, 9.17) is 9.47 Å². The van der Waals surface area contributed by atoms with Gasteiger partial charge in [0.25, 0.3) is 0 Å². The first-order valence-electron chi connectivity index (χ1n) is 8.65. The topological polar surface area (TPSA) is 21.5 Å². The van der Waals surface area contributed by atoms with Crippen LogP contribution in [0.4, 0.5) is 4.39 Å². The van der Waals surface area contributed by atoms with Crippen LogP contribution >= 0.6 is 0 Å². The second-order valence-corrected chi connectivity index (χ2v) is 6.67. The molecule has 1 heterocycles. The van der Waals surface area contributed by atoms with Gasteiger partial charge in [0.15, 0.2) is 23.8 Å². The van der Waals surface area contributed by atoms with E-state index in [1.165, 1.54) is 22.9 Å². The Morgan fingerprint density at radius 3 is 2.40 bits per heavy atom. The number of halogens is 1. The third-order valence-electron chi connectivity index (χ3n) is 4.74. The van der Waals surface area contributed by atoms with E-state index in [0.29, 0.717) is 12.5 Å². The first kappa shape index (κ1) is 17.5. The summed E-state index contributed by atoms with van der Waals surface area (Å²) >= 11 is 0. The van der Waals surface area contributed by atoms with Gasteiger partial charge >= 0.3 is 0 Å². The molecule has 3 rings (SSSR count). The van der Waals surface area contributed by atoms with Gasteiger partial charge in [-0.3, -0.25) is 0 Å². The van der Waals surface area contributed by atoms with Crippen LogP contribution in [0.15, 0.2) is 36.4 Å². The summed E-state index contributed by atoms with van der Waals surface area (Å²) < 4.78 is 27.3. The number of hydrogen-bond donors (Lipinski definition) is 0. The Morgan fingerprint density at radius 2 is 1.76 bits per heavy atom. The molecule has 2 aromatic carbocycles. The van der Waals surface area contributed by atoms with Crippen molar-refractivity contribution in [1.82, 2.24) is 0 Å². The summed E-state index contributed by atoms with van der Waals surface area (Å²) in [5.41, 5.74) is 4.39. The Morgan fingerprint density at radius 1 is 1.08 bits per heavy atom. The molecule has 3 nitrogen and oxygen atoms in total. The molecule has 1 aliphatic heterocycles. The second-order valence-electron chi connectivity index (χ2n) is 6.67. The zero-order valence-electron chi connectivity index (χ0n) is 15.3. The molecule has 2 aromatic rings. The van der Waals surface area contributed by atoms with Gasteiger partial charge in [0.05, 0.1) is 19.8 Å². The fourth-order valence-corrected chi connectivity index (χ4v) is 3.59. The van der Waals surface area contributed by atoms with Crippen molar-refractivity contribution in [1.29, 1.82) is 0 Å². The molecule has 0 saturated carbocycles. The largest absolute Gasteiger partial charge is 0.493 e. The van der Waals surface area contributed by atoms with E-state index in [0.717, 1.165) is 30.0 Å². The van der Waals surface area contributed by atoms with E-state index in [1.807, 2.05) is 12.1 Å². The summed E-state index contributed by atoms with van der Waals surface area (Å²) in [5, 5.41) is 0. The van der Waals surface area contributed by atoms with E-state index in [9.17, 15) is 4.39 Å². The number of methoxy groups -OCH3 is 2. The van der Waals surface area contributed by atoms with Gasteiger partial charge in [-0.1, -0.05) is 26.0 Å². The highest BCUT2D eigenvalue weighted by Crippen LogP contribution is 2.33. The molecule has 0 N–H and O–H groups in total. The number of nitrogens with zero attached hydrogens (tertiary/aromatic N) is 1. The molecule has 0 atom stereocenters. The molecule has 0 saturated heterocycles. The molecule has 0 bridgehead atoms. The first-order chi connectivity index (χ1) is 12.0. The number of hydrogen-bond acceptors (Lipinski definition) is 2. The van der Waals surface area contributed by atoms with Gasteiger partial charge in [0.1, 0.15) is 12.4 Å². The Bertz CT molecular complexity index is 812. The lowest BCUT2D eigenvalue weighted by molar-refractivity contribution is -0.547. The highest BCUT2D eigenvalue weighted by atomic mass is 19.1. The van der Waals surface area contributed by atoms with Crippen LogP contribution in [0.1, 0.15) is 30.5 Å². The minimum atomic E-state index is -0.149. The summed E-state index contributed by atoms with van der Waals surface area (Å²) in [4.78, 5) is 0. The third-order valence-corrected chi connectivity index (χ3v) is 4.74. The van der Waals surface area contributed by atoms with Crippen molar-refractivity contribution >= 4 is 5.71 Å². The molecule has 4 heteroatoms. The summed E-state index contributed by atoms with van der Waals surface area (Å²) in [6.45, 7) is 5.79. The maximum absolute atomic E-state index is 14.1. The van der Waals surface area contributed by atoms with Crippen molar-refractivity contribution in [3.8, 4) is 11.5 Å². The zero-order chi connectivity index (χ0) is 18.0. The summed E-state index contributed by atoms with van der Waals surface area (Å²) in [5.74, 6) is 1.66. The van der Waals surface area contributed by atoms with E-state index >= 15 is 0 Å². The molecule has 0 spiro atoms. The Hall–Kier alpha value is -2.36. The van der Waals surface area contributed by atoms with Gasteiger partial charge in [0.2, 0.25) is 0 Å². The molecule has 0 aliphatic carbocycles. The highest BCUT2D eigenvalue weighted by Gasteiger charge is 2.30. The monoisotopic (exact) mass is 342 g/mol. The van der Waals surface area contributed by atoms with E-state index in [-0.39, 0.29) is 5.82 Å². The van der Waals surface area contributed by atoms with Crippen LogP contribution in [0.2, 0.25) is 0 Å². The van der Waals surface area contributed by atoms with Crippen molar-refractivity contribution < 1.29 is 18.4 Å². The normalized spacial score (nSPS) is 13.8. The van der Waals surface area contributed by atoms with Gasteiger partial charge in [-0.2, -0.15) is 0 Å². The summed E-state index contributed by atoms with van der Waals surface area (Å²) in [6, 6.07) is 11.1. The smallest absolute Gasteiger partial charge is 0.186 e. The number of benzene rings is 2. The molecule has 0 unspecified atom stereocenters. The fourth-order valence-electron chi connectivity index (χ4n) is 3.59. The molecule has 1 aliphatic rings. The molecule has 0 amide bonds. The van der Waals surface area contributed by atoms with Crippen LogP contribution in [0.5, 0.6) is 11.5 Å². The number of rotatable bonds is 5. The lowest BCUT2D eigenvalue weighted by atomic mass is 9.90. The lowest BCUT2D eigenvalue weighted by Crippen LogP contribution is -2.33. The van der Waals surface area contributed by atoms with Gasteiger partial charge in [-0.25, -0.2) is 8.97 Å². The third kappa shape index (κ3) is 3.39. The van der Waals surface area contributed by atoms with Gasteiger partial charge in [-0.05, 0) is 29.8 Å². The molecule has 0 aromatic heterocycles. The van der Waals surface area contributed by atoms with Gasteiger partial charge < -0.3 is 9.47 Å². The Labute approximate surface area is 148 Å². The van der Waals surface area contributed by atoms with E-state index in [1.54, 1.807) is 20.3 Å². The molecule has 132 valence electrons. The van der Waals surface area contributed by atoms with E-state index < -0.39 is 0 Å². The second kappa shape index (κ2) is 7.26. The molecular formula is C21H25FNO2+. The Kier molecular flexibility index (Phi) is 5.07. The molecule has 0 fully saturated rings. The highest BCUT2D eigenvalue weighted by molar-refractivity contribution is 6.00. The fraction of sp³-hybridized carbons (Fsp3) is 0.381. The predicted octanol–water partition coefficient (Wildman–Crippen LogP) is 4.06. The summed E-state index contributed by atoms with van der Waals surface area (Å²) in [6.07, 6.45) is 0.903. The molecule has 25 heavy (non-hydrogen) atoms. The number of fused-ring (bicyclic) bond motifs is 1. The zero-order valence-corrected chi connectivity index (χ0v) is 15.3. The predicted molar refractivity (Wildman–Crippen MR) is 97.4 cm³/mol. The van der Waals surface area contributed by atoms with Crippen molar-refractivity contribution in [3.05, 3.63) is 58.9 Å². The SMILES string of the molecule is COc1cc2c(cc1OC)C(C(C)C)=[N+](Cc1ccccc1F)CC2. The van der Waals surface area contributed by atoms with Crippen LogP contribution in [0.3, 0.4) is 0 Å². The van der Waals surface area contributed by atoms with Gasteiger partial charge in [0, 0.05) is 17.9 Å². The van der Waals surface area contributed by atoms with E-state index in [2.05, 4.69) is 30.6 Å². The van der Waals surface area contributed by atoms with Crippen LogP contribution < -0.4 is 9.47 Å². The van der Waals surface area contributed by atoms with Crippen LogP contribution in [-0.4, -0.2) is 31.1 Å². The average molecular weight is 342 g/mol. The lowest BCUT2D eigenvalue weighted by Gasteiger charge is -2.22. The van der Waals surface area contributed by atoms with Gasteiger partial charge in [-0.15, -0.1) is 0 Å². The van der Waals surface area contributed by atoms with Crippen LogP contribution in [-0.2, 0) is 13.0 Å². The van der Waals surface area contributed by atoms with Crippen molar-refractivity contribution in [2.24, 2.45) is 5.92 Å². The first-order valence-corrected chi connectivity index (χ1v) is 8.65. The maximum atomic E-state index is 14.1. The van der Waals surface area contributed by atoms with Crippen LogP contribution in [0.25, 0.3) is 0 Å². The number of ether oxygens (including phenoxy) is 2. The molecular weight excluding hydrogens is 317 g/mol. The quantitative estimate of drug-likeness (QED) is 0.764. The average Bonchev–Trinajstić information content (AvgIpc) is 2.61. The Balaban J connectivity index is 2.10. The summed E-state index contributed by atoms with van der Waals surface area (Å²) in [7, 11) is 3.31. The van der Waals surface area contributed by atoms with Crippen LogP contribution in [0, 0.1) is 11.7 Å². The minimum Gasteiger partial charge on any atom is -0.493 e. The van der Waals surface area contributed by atoms with Crippen molar-refractivity contribution in [3.63, 3.8) is 0 Å². The maximum Gasteiger partial charge on any atom is 0.186 e. The molecule has 0 radical (unpaired) electrons. The van der Waals surface area contributed by atoms with Crippen molar-refractivity contribution in [2.45, 2.75) is 26.8 Å².